The SMILES string of the molecule is Cc1ncc(-c2cc(-c3nnc(CN4CCN5CCC[C@H]5C4)o3)c3cnn(S(=O)(=O)c4ccccc4)c3c2)cc1NS(=O)(=O)c1ccc(F)cc1F. The number of fused-ring (bicyclic) bond motifs is 2. The Labute approximate surface area is 298 Å². The number of rotatable bonds is 9. The number of benzene rings is 3. The number of aryl methyl sites for hydroxylation is 1. The quantitative estimate of drug-likeness (QED) is 0.211. The maximum Gasteiger partial charge on any atom is 0.283 e. The molecular formula is C35H32F2N8O5S2. The van der Waals surface area contributed by atoms with Crippen molar-refractivity contribution >= 4 is 36.6 Å². The lowest BCUT2D eigenvalue weighted by Gasteiger charge is -2.36. The zero-order valence-corrected chi connectivity index (χ0v) is 29.4. The Hall–Kier alpha value is -5.10. The summed E-state index contributed by atoms with van der Waals surface area (Å²) >= 11 is 0. The Morgan fingerprint density at radius 2 is 1.75 bits per heavy atom. The molecule has 0 saturated carbocycles. The van der Waals surface area contributed by atoms with E-state index in [2.05, 4.69) is 34.8 Å². The molecule has 268 valence electrons. The van der Waals surface area contributed by atoms with Gasteiger partial charge >= 0.3 is 0 Å². The Morgan fingerprint density at radius 3 is 2.56 bits per heavy atom. The summed E-state index contributed by atoms with van der Waals surface area (Å²) in [4.78, 5) is 8.45. The maximum absolute atomic E-state index is 14.5. The number of piperazine rings is 1. The molecule has 0 unspecified atom stereocenters. The topological polar surface area (TPSA) is 156 Å². The van der Waals surface area contributed by atoms with Crippen LogP contribution in [0.3, 0.4) is 0 Å². The second kappa shape index (κ2) is 13.1. The number of hydrogen-bond acceptors (Lipinski definition) is 11. The van der Waals surface area contributed by atoms with Gasteiger partial charge in [0.05, 0.1) is 40.1 Å². The van der Waals surface area contributed by atoms with Crippen LogP contribution in [-0.4, -0.2) is 83.2 Å². The van der Waals surface area contributed by atoms with Crippen molar-refractivity contribution in [1.82, 2.24) is 34.2 Å². The molecule has 5 heterocycles. The maximum atomic E-state index is 14.5. The number of hydrogen-bond donors (Lipinski definition) is 1. The molecule has 0 bridgehead atoms. The van der Waals surface area contributed by atoms with Crippen LogP contribution in [0.1, 0.15) is 24.4 Å². The normalized spacial score (nSPS) is 17.1. The van der Waals surface area contributed by atoms with Gasteiger partial charge in [-0.2, -0.15) is 17.6 Å². The molecule has 2 fully saturated rings. The minimum Gasteiger partial charge on any atom is -0.419 e. The third kappa shape index (κ3) is 6.33. The van der Waals surface area contributed by atoms with Crippen LogP contribution >= 0.6 is 0 Å². The first-order chi connectivity index (χ1) is 25.0. The van der Waals surface area contributed by atoms with Crippen molar-refractivity contribution in [2.75, 3.05) is 30.9 Å². The molecule has 52 heavy (non-hydrogen) atoms. The van der Waals surface area contributed by atoms with Gasteiger partial charge in [0.1, 0.15) is 16.5 Å². The molecule has 17 heteroatoms. The lowest BCUT2D eigenvalue weighted by Crippen LogP contribution is -2.49. The molecule has 0 amide bonds. The zero-order valence-electron chi connectivity index (χ0n) is 27.8. The van der Waals surface area contributed by atoms with Gasteiger partial charge in [0.2, 0.25) is 11.8 Å². The zero-order chi connectivity index (χ0) is 36.2. The average Bonchev–Trinajstić information content (AvgIpc) is 3.89. The van der Waals surface area contributed by atoms with E-state index in [0.29, 0.717) is 46.6 Å². The Kier molecular flexibility index (Phi) is 8.60. The number of halogens is 2. The summed E-state index contributed by atoms with van der Waals surface area (Å²) in [5, 5.41) is 13.4. The molecule has 2 aliphatic rings. The van der Waals surface area contributed by atoms with Crippen molar-refractivity contribution in [1.29, 1.82) is 0 Å². The number of aromatic nitrogens is 5. The molecule has 0 aliphatic carbocycles. The van der Waals surface area contributed by atoms with Gasteiger partial charge < -0.3 is 4.42 Å². The van der Waals surface area contributed by atoms with Crippen LogP contribution < -0.4 is 4.72 Å². The number of pyridine rings is 1. The molecule has 3 aromatic heterocycles. The highest BCUT2D eigenvalue weighted by Crippen LogP contribution is 2.36. The number of nitrogens with zero attached hydrogens (tertiary/aromatic N) is 7. The van der Waals surface area contributed by atoms with Crippen LogP contribution in [0.25, 0.3) is 33.5 Å². The second-order valence-electron chi connectivity index (χ2n) is 12.9. The second-order valence-corrected chi connectivity index (χ2v) is 16.3. The smallest absolute Gasteiger partial charge is 0.283 e. The fourth-order valence-electron chi connectivity index (χ4n) is 6.84. The Balaban J connectivity index is 1.20. The lowest BCUT2D eigenvalue weighted by atomic mass is 10.0. The van der Waals surface area contributed by atoms with Crippen LogP contribution in [0.15, 0.2) is 93.3 Å². The molecule has 0 radical (unpaired) electrons. The van der Waals surface area contributed by atoms with Gasteiger partial charge in [-0.25, -0.2) is 17.2 Å². The van der Waals surface area contributed by atoms with E-state index < -0.39 is 36.6 Å². The number of nitrogens with one attached hydrogen (secondary N) is 1. The predicted molar refractivity (Wildman–Crippen MR) is 187 cm³/mol. The van der Waals surface area contributed by atoms with Crippen molar-refractivity contribution < 1.29 is 30.0 Å². The van der Waals surface area contributed by atoms with E-state index >= 15 is 0 Å². The summed E-state index contributed by atoms with van der Waals surface area (Å²) in [6.07, 6.45) is 5.26. The minimum atomic E-state index is -4.50. The van der Waals surface area contributed by atoms with Crippen molar-refractivity contribution in [3.05, 3.63) is 102 Å². The van der Waals surface area contributed by atoms with Gasteiger partial charge in [0.15, 0.2) is 0 Å². The standard InChI is InChI=1S/C35H32F2N8O5S2/c1-22-31(42-51(46,47)33-10-9-25(36)17-30(33)37)15-24(18-38-22)23-14-28(29-19-39-45(32(29)16-23)52(48,49)27-7-3-2-4-8-27)35-41-40-34(50-35)21-43-12-13-44-11-5-6-26(44)20-43/h2-4,7-10,14-19,26,42H,5-6,11-13,20-21H2,1H3/t26-/m0/s1. The van der Waals surface area contributed by atoms with Crippen molar-refractivity contribution in [2.45, 2.75) is 42.1 Å². The van der Waals surface area contributed by atoms with Crippen LogP contribution in [0, 0.1) is 18.6 Å². The van der Waals surface area contributed by atoms with Crippen molar-refractivity contribution in [3.8, 4) is 22.6 Å². The van der Waals surface area contributed by atoms with Gasteiger partial charge in [-0.1, -0.05) is 18.2 Å². The molecule has 0 spiro atoms. The lowest BCUT2D eigenvalue weighted by molar-refractivity contribution is 0.0929. The van der Waals surface area contributed by atoms with E-state index in [1.54, 1.807) is 37.3 Å². The van der Waals surface area contributed by atoms with Gasteiger partial charge in [0.25, 0.3) is 20.0 Å². The molecule has 13 nitrogen and oxygen atoms in total. The molecule has 2 saturated heterocycles. The van der Waals surface area contributed by atoms with E-state index in [0.717, 1.165) is 48.8 Å². The van der Waals surface area contributed by atoms with E-state index in [4.69, 9.17) is 4.42 Å². The molecule has 2 aliphatic heterocycles. The summed E-state index contributed by atoms with van der Waals surface area (Å²) in [7, 11) is -8.65. The summed E-state index contributed by atoms with van der Waals surface area (Å²) in [6.45, 7) is 5.90. The average molecular weight is 747 g/mol. The van der Waals surface area contributed by atoms with Crippen LogP contribution in [0.4, 0.5) is 14.5 Å². The summed E-state index contributed by atoms with van der Waals surface area (Å²) in [6, 6.07) is 15.3. The summed E-state index contributed by atoms with van der Waals surface area (Å²) in [5.41, 5.74) is 1.70. The molecule has 6 aromatic rings. The molecule has 1 N–H and O–H groups in total. The molecule has 3 aromatic carbocycles. The van der Waals surface area contributed by atoms with Gasteiger partial charge in [-0.15, -0.1) is 10.2 Å². The van der Waals surface area contributed by atoms with E-state index in [-0.39, 0.29) is 27.7 Å². The van der Waals surface area contributed by atoms with Crippen LogP contribution in [-0.2, 0) is 26.6 Å². The third-order valence-electron chi connectivity index (χ3n) is 9.50. The van der Waals surface area contributed by atoms with Crippen molar-refractivity contribution in [3.63, 3.8) is 0 Å². The van der Waals surface area contributed by atoms with E-state index in [1.807, 2.05) is 0 Å². The third-order valence-corrected chi connectivity index (χ3v) is 12.5. The van der Waals surface area contributed by atoms with Gasteiger partial charge in [-0.05, 0) is 74.3 Å². The molecular weight excluding hydrogens is 715 g/mol. The predicted octanol–water partition coefficient (Wildman–Crippen LogP) is 5.05. The Morgan fingerprint density at radius 1 is 0.923 bits per heavy atom. The van der Waals surface area contributed by atoms with Crippen molar-refractivity contribution in [2.24, 2.45) is 0 Å². The fourth-order valence-corrected chi connectivity index (χ4v) is 9.29. The van der Waals surface area contributed by atoms with E-state index in [9.17, 15) is 25.6 Å². The fraction of sp³-hybridized carbons (Fsp3) is 0.257. The monoisotopic (exact) mass is 746 g/mol. The minimum absolute atomic E-state index is 0.0238. The highest BCUT2D eigenvalue weighted by atomic mass is 32.2. The first-order valence-corrected chi connectivity index (χ1v) is 19.4. The number of anilines is 1. The molecule has 8 rings (SSSR count). The first kappa shape index (κ1) is 34.0. The van der Waals surface area contributed by atoms with Gasteiger partial charge in [0, 0.05) is 48.9 Å². The Bertz CT molecular complexity index is 2550. The summed E-state index contributed by atoms with van der Waals surface area (Å²) in [5.74, 6) is -1.62. The molecule has 1 atom stereocenters. The largest absolute Gasteiger partial charge is 0.419 e. The highest BCUT2D eigenvalue weighted by molar-refractivity contribution is 7.92. The summed E-state index contributed by atoms with van der Waals surface area (Å²) < 4.78 is 91.6. The van der Waals surface area contributed by atoms with E-state index in [1.165, 1.54) is 37.0 Å². The first-order valence-electron chi connectivity index (χ1n) is 16.5. The number of sulfonamides is 1. The van der Waals surface area contributed by atoms with Crippen LogP contribution in [0.2, 0.25) is 0 Å². The van der Waals surface area contributed by atoms with Crippen LogP contribution in [0.5, 0.6) is 0 Å². The van der Waals surface area contributed by atoms with Gasteiger partial charge in [-0.3, -0.25) is 19.5 Å². The highest BCUT2D eigenvalue weighted by Gasteiger charge is 2.31.